The summed E-state index contributed by atoms with van der Waals surface area (Å²) in [6, 6.07) is 4.83. The number of aryl methyl sites for hydroxylation is 1. The van der Waals surface area contributed by atoms with Gasteiger partial charge in [0.2, 0.25) is 0 Å². The molecule has 1 heterocycles. The van der Waals surface area contributed by atoms with Crippen molar-refractivity contribution >= 4 is 17.4 Å². The van der Waals surface area contributed by atoms with E-state index < -0.39 is 0 Å². The molecule has 1 fully saturated rings. The van der Waals surface area contributed by atoms with E-state index in [2.05, 4.69) is 37.9 Å². The zero-order valence-corrected chi connectivity index (χ0v) is 13.3. The highest BCUT2D eigenvalue weighted by molar-refractivity contribution is 6.17. The Balaban J connectivity index is 2.08. The summed E-state index contributed by atoms with van der Waals surface area (Å²) in [7, 11) is 2.17. The second-order valence-corrected chi connectivity index (χ2v) is 6.82. The molecule has 3 heteroatoms. The molecule has 0 bridgehead atoms. The van der Waals surface area contributed by atoms with Crippen molar-refractivity contribution in [3.05, 3.63) is 23.4 Å². The van der Waals surface area contributed by atoms with Crippen LogP contribution in [0.2, 0.25) is 0 Å². The van der Waals surface area contributed by atoms with Crippen LogP contribution in [0.25, 0.3) is 0 Å². The molecule has 0 saturated heterocycles. The lowest BCUT2D eigenvalue weighted by Gasteiger charge is -2.39. The summed E-state index contributed by atoms with van der Waals surface area (Å²) in [5.74, 6) is 1.62. The maximum atomic E-state index is 5.89. The number of nitrogens with zero attached hydrogens (tertiary/aromatic N) is 2. The Labute approximate surface area is 122 Å². The maximum absolute atomic E-state index is 5.89. The molecule has 1 aliphatic carbocycles. The van der Waals surface area contributed by atoms with E-state index in [1.54, 1.807) is 0 Å². The van der Waals surface area contributed by atoms with Crippen LogP contribution in [0.15, 0.2) is 12.1 Å². The molecule has 1 saturated carbocycles. The summed E-state index contributed by atoms with van der Waals surface area (Å²) in [6.45, 7) is 6.79. The maximum Gasteiger partial charge on any atom is 0.128 e. The lowest BCUT2D eigenvalue weighted by molar-refractivity contribution is 0.222. The summed E-state index contributed by atoms with van der Waals surface area (Å²) in [5.41, 5.74) is 2.70. The fourth-order valence-corrected chi connectivity index (χ4v) is 3.16. The van der Waals surface area contributed by atoms with Gasteiger partial charge in [0.25, 0.3) is 0 Å². The molecule has 0 atom stereocenters. The van der Waals surface area contributed by atoms with Crippen LogP contribution >= 0.6 is 11.6 Å². The van der Waals surface area contributed by atoms with Crippen LogP contribution in [0.3, 0.4) is 0 Å². The largest absolute Gasteiger partial charge is 0.357 e. The van der Waals surface area contributed by atoms with Gasteiger partial charge in [-0.2, -0.15) is 0 Å². The molecule has 1 aliphatic rings. The van der Waals surface area contributed by atoms with Gasteiger partial charge in [-0.3, -0.25) is 0 Å². The molecule has 0 spiro atoms. The molecule has 2 rings (SSSR count). The Hall–Kier alpha value is -0.760. The number of aromatic nitrogens is 1. The van der Waals surface area contributed by atoms with E-state index in [4.69, 9.17) is 16.6 Å². The average molecular weight is 281 g/mol. The van der Waals surface area contributed by atoms with Gasteiger partial charge >= 0.3 is 0 Å². The quantitative estimate of drug-likeness (QED) is 0.756. The first kappa shape index (κ1) is 14.6. The van der Waals surface area contributed by atoms with Crippen molar-refractivity contribution in [3.63, 3.8) is 0 Å². The minimum absolute atomic E-state index is 0.517. The third-order valence-electron chi connectivity index (χ3n) is 4.54. The standard InChI is InChI=1S/C16H25ClN2/c1-12-13(11-17)5-6-15(18-12)19(4)14-7-9-16(2,3)10-8-14/h5-6,14H,7-11H2,1-4H3. The van der Waals surface area contributed by atoms with Gasteiger partial charge in [-0.1, -0.05) is 19.9 Å². The number of pyridine rings is 1. The van der Waals surface area contributed by atoms with Crippen molar-refractivity contribution in [1.82, 2.24) is 4.98 Å². The Morgan fingerprint density at radius 1 is 1.32 bits per heavy atom. The van der Waals surface area contributed by atoms with Crippen LogP contribution in [0.1, 0.15) is 50.8 Å². The Kier molecular flexibility index (Phi) is 4.39. The predicted molar refractivity (Wildman–Crippen MR) is 83.0 cm³/mol. The highest BCUT2D eigenvalue weighted by Gasteiger charge is 2.29. The highest BCUT2D eigenvalue weighted by atomic mass is 35.5. The van der Waals surface area contributed by atoms with Gasteiger partial charge in [0.05, 0.1) is 0 Å². The zero-order chi connectivity index (χ0) is 14.0. The average Bonchev–Trinajstić information content (AvgIpc) is 2.38. The van der Waals surface area contributed by atoms with E-state index >= 15 is 0 Å². The van der Waals surface area contributed by atoms with Crippen molar-refractivity contribution in [2.24, 2.45) is 5.41 Å². The van der Waals surface area contributed by atoms with Gasteiger partial charge in [-0.05, 0) is 49.7 Å². The van der Waals surface area contributed by atoms with Crippen LogP contribution in [0.4, 0.5) is 5.82 Å². The number of alkyl halides is 1. The normalized spacial score (nSPS) is 19.4. The van der Waals surface area contributed by atoms with Gasteiger partial charge in [0.1, 0.15) is 5.82 Å². The van der Waals surface area contributed by atoms with Crippen molar-refractivity contribution < 1.29 is 0 Å². The number of hydrogen-bond acceptors (Lipinski definition) is 2. The second-order valence-electron chi connectivity index (χ2n) is 6.55. The van der Waals surface area contributed by atoms with E-state index in [1.165, 1.54) is 25.7 Å². The third-order valence-corrected chi connectivity index (χ3v) is 4.83. The minimum Gasteiger partial charge on any atom is -0.357 e. The first-order chi connectivity index (χ1) is 8.93. The summed E-state index contributed by atoms with van der Waals surface area (Å²) in [4.78, 5) is 7.04. The molecule has 1 aromatic rings. The smallest absolute Gasteiger partial charge is 0.128 e. The first-order valence-electron chi connectivity index (χ1n) is 7.18. The lowest BCUT2D eigenvalue weighted by Crippen LogP contribution is -2.37. The summed E-state index contributed by atoms with van der Waals surface area (Å²) in [6.07, 6.45) is 5.14. The SMILES string of the molecule is Cc1nc(N(C)C2CCC(C)(C)CC2)ccc1CCl. The van der Waals surface area contributed by atoms with Crippen molar-refractivity contribution in [2.45, 2.75) is 58.4 Å². The molecule has 0 aromatic carbocycles. The van der Waals surface area contributed by atoms with Crippen LogP contribution in [-0.4, -0.2) is 18.1 Å². The van der Waals surface area contributed by atoms with E-state index in [1.807, 2.05) is 6.92 Å². The van der Waals surface area contributed by atoms with Crippen LogP contribution in [-0.2, 0) is 5.88 Å². The number of rotatable bonds is 3. The third kappa shape index (κ3) is 3.42. The first-order valence-corrected chi connectivity index (χ1v) is 7.72. The Bertz CT molecular complexity index is 432. The fourth-order valence-electron chi connectivity index (χ4n) is 2.87. The van der Waals surface area contributed by atoms with Gasteiger partial charge in [0.15, 0.2) is 0 Å². The number of halogens is 1. The molecule has 0 amide bonds. The molecular formula is C16H25ClN2. The van der Waals surface area contributed by atoms with E-state index in [0.717, 1.165) is 17.1 Å². The van der Waals surface area contributed by atoms with E-state index in [9.17, 15) is 0 Å². The number of anilines is 1. The lowest BCUT2D eigenvalue weighted by atomic mass is 9.75. The predicted octanol–water partition coefficient (Wildman–Crippen LogP) is 4.53. The fraction of sp³-hybridized carbons (Fsp3) is 0.688. The molecule has 19 heavy (non-hydrogen) atoms. The highest BCUT2D eigenvalue weighted by Crippen LogP contribution is 2.37. The molecule has 0 unspecified atom stereocenters. The van der Waals surface area contributed by atoms with Crippen LogP contribution in [0, 0.1) is 12.3 Å². The molecular weight excluding hydrogens is 256 g/mol. The van der Waals surface area contributed by atoms with Crippen LogP contribution in [0.5, 0.6) is 0 Å². The summed E-state index contributed by atoms with van der Waals surface area (Å²) >= 11 is 5.89. The van der Waals surface area contributed by atoms with Gasteiger partial charge < -0.3 is 4.90 Å². The van der Waals surface area contributed by atoms with Gasteiger partial charge in [-0.25, -0.2) is 4.98 Å². The molecule has 2 nitrogen and oxygen atoms in total. The zero-order valence-electron chi connectivity index (χ0n) is 12.5. The van der Waals surface area contributed by atoms with Gasteiger partial charge in [-0.15, -0.1) is 11.6 Å². The molecule has 0 aliphatic heterocycles. The molecule has 106 valence electrons. The summed E-state index contributed by atoms with van der Waals surface area (Å²) < 4.78 is 0. The molecule has 0 radical (unpaired) electrons. The van der Waals surface area contributed by atoms with E-state index in [-0.39, 0.29) is 0 Å². The second kappa shape index (κ2) is 5.70. The van der Waals surface area contributed by atoms with Crippen molar-refractivity contribution in [2.75, 3.05) is 11.9 Å². The van der Waals surface area contributed by atoms with E-state index in [0.29, 0.717) is 17.3 Å². The monoisotopic (exact) mass is 280 g/mol. The van der Waals surface area contributed by atoms with Crippen LogP contribution < -0.4 is 4.90 Å². The summed E-state index contributed by atoms with van der Waals surface area (Å²) in [5, 5.41) is 0. The topological polar surface area (TPSA) is 16.1 Å². The molecule has 1 aromatic heterocycles. The number of hydrogen-bond donors (Lipinski definition) is 0. The Morgan fingerprint density at radius 3 is 2.47 bits per heavy atom. The van der Waals surface area contributed by atoms with Crippen molar-refractivity contribution in [1.29, 1.82) is 0 Å². The minimum atomic E-state index is 0.517. The van der Waals surface area contributed by atoms with Gasteiger partial charge in [0, 0.05) is 24.7 Å². The Morgan fingerprint density at radius 2 is 1.95 bits per heavy atom. The molecule has 0 N–H and O–H groups in total. The van der Waals surface area contributed by atoms with Crippen molar-refractivity contribution in [3.8, 4) is 0 Å².